The van der Waals surface area contributed by atoms with E-state index in [1.807, 2.05) is 48.5 Å². The zero-order valence-corrected chi connectivity index (χ0v) is 17.3. The summed E-state index contributed by atoms with van der Waals surface area (Å²) in [4.78, 5) is 12.2. The lowest BCUT2D eigenvalue weighted by molar-refractivity contribution is -0.116. The van der Waals surface area contributed by atoms with Crippen molar-refractivity contribution in [3.63, 3.8) is 0 Å². The third-order valence-electron chi connectivity index (χ3n) is 4.33. The van der Waals surface area contributed by atoms with E-state index >= 15 is 0 Å². The fourth-order valence-electron chi connectivity index (χ4n) is 2.79. The van der Waals surface area contributed by atoms with Crippen molar-refractivity contribution < 1.29 is 13.2 Å². The molecule has 1 aromatic heterocycles. The van der Waals surface area contributed by atoms with Crippen LogP contribution in [0.2, 0.25) is 0 Å². The highest BCUT2D eigenvalue weighted by Gasteiger charge is 2.10. The van der Waals surface area contributed by atoms with Crippen LogP contribution < -0.4 is 10.0 Å². The number of amides is 1. The Hall–Kier alpha value is -3.23. The Kier molecular flexibility index (Phi) is 7.53. The van der Waals surface area contributed by atoms with Gasteiger partial charge in [0.1, 0.15) is 5.82 Å². The predicted octanol–water partition coefficient (Wildman–Crippen LogP) is 3.04. The summed E-state index contributed by atoms with van der Waals surface area (Å²) in [6, 6.07) is 20.9. The van der Waals surface area contributed by atoms with E-state index in [-0.39, 0.29) is 18.9 Å². The Bertz CT molecular complexity index is 1080. The normalized spacial score (nSPS) is 11.6. The molecule has 156 valence electrons. The Balaban J connectivity index is 1.45. The molecule has 1 amide bonds. The second-order valence-corrected chi connectivity index (χ2v) is 8.28. The quantitative estimate of drug-likeness (QED) is 0.523. The molecule has 3 aromatic rings. The van der Waals surface area contributed by atoms with E-state index in [0.717, 1.165) is 17.4 Å². The molecule has 2 N–H and O–H groups in total. The number of anilines is 1. The third-order valence-corrected chi connectivity index (χ3v) is 5.43. The summed E-state index contributed by atoms with van der Waals surface area (Å²) in [5.41, 5.74) is 1.97. The molecular weight excluding hydrogens is 400 g/mol. The highest BCUT2D eigenvalue weighted by molar-refractivity contribution is 7.92. The molecule has 1 heterocycles. The molecule has 2 aromatic carbocycles. The molecule has 0 aliphatic rings. The topological polar surface area (TPSA) is 93.1 Å². The zero-order valence-electron chi connectivity index (χ0n) is 16.4. The average Bonchev–Trinajstić information content (AvgIpc) is 3.19. The van der Waals surface area contributed by atoms with Crippen LogP contribution in [0.25, 0.3) is 6.08 Å². The molecule has 0 saturated heterocycles. The lowest BCUT2D eigenvalue weighted by atomic mass is 10.1. The van der Waals surface area contributed by atoms with E-state index < -0.39 is 10.0 Å². The summed E-state index contributed by atoms with van der Waals surface area (Å²) in [5.74, 6) is 0.300. The lowest BCUT2D eigenvalue weighted by Gasteiger charge is -2.09. The van der Waals surface area contributed by atoms with Gasteiger partial charge in [0.25, 0.3) is 0 Å². The Morgan fingerprint density at radius 1 is 1.00 bits per heavy atom. The van der Waals surface area contributed by atoms with E-state index in [1.54, 1.807) is 29.1 Å². The molecule has 30 heavy (non-hydrogen) atoms. The van der Waals surface area contributed by atoms with E-state index in [2.05, 4.69) is 15.1 Å². The van der Waals surface area contributed by atoms with Crippen molar-refractivity contribution in [2.24, 2.45) is 0 Å². The van der Waals surface area contributed by atoms with Crippen molar-refractivity contribution in [1.29, 1.82) is 0 Å². The number of aryl methyl sites for hydroxylation is 2. The van der Waals surface area contributed by atoms with Gasteiger partial charge in [-0.2, -0.15) is 5.10 Å². The summed E-state index contributed by atoms with van der Waals surface area (Å²) in [6.45, 7) is 0.634. The molecule has 0 radical (unpaired) electrons. The first-order chi connectivity index (χ1) is 14.5. The molecule has 0 spiro atoms. The number of hydrogen-bond acceptors (Lipinski definition) is 4. The Morgan fingerprint density at radius 2 is 1.70 bits per heavy atom. The van der Waals surface area contributed by atoms with Gasteiger partial charge >= 0.3 is 0 Å². The van der Waals surface area contributed by atoms with Gasteiger partial charge in [-0.1, -0.05) is 60.7 Å². The lowest BCUT2D eigenvalue weighted by Crippen LogP contribution is -2.26. The van der Waals surface area contributed by atoms with E-state index in [4.69, 9.17) is 0 Å². The zero-order chi connectivity index (χ0) is 21.2. The fourth-order valence-corrected chi connectivity index (χ4v) is 3.61. The number of carbonyl (C=O) groups excluding carboxylic acids is 1. The number of aromatic nitrogens is 2. The number of nitrogens with zero attached hydrogens (tertiary/aromatic N) is 2. The second kappa shape index (κ2) is 10.5. The van der Waals surface area contributed by atoms with Crippen molar-refractivity contribution >= 4 is 27.8 Å². The maximum Gasteiger partial charge on any atom is 0.233 e. The average molecular weight is 425 g/mol. The van der Waals surface area contributed by atoms with Crippen LogP contribution in [0.1, 0.15) is 17.5 Å². The number of rotatable bonds is 10. The molecule has 8 heteroatoms. The van der Waals surface area contributed by atoms with Gasteiger partial charge in [-0.25, -0.2) is 17.8 Å². The first-order valence-corrected chi connectivity index (χ1v) is 11.1. The number of benzene rings is 2. The van der Waals surface area contributed by atoms with Crippen LogP contribution in [0.4, 0.5) is 5.82 Å². The van der Waals surface area contributed by atoms with Gasteiger partial charge in [-0.15, -0.1) is 0 Å². The first-order valence-electron chi connectivity index (χ1n) is 9.60. The minimum atomic E-state index is -3.61. The molecule has 0 unspecified atom stereocenters. The number of carbonyl (C=O) groups is 1. The molecule has 7 nitrogen and oxygen atoms in total. The molecule has 0 aliphatic carbocycles. The highest BCUT2D eigenvalue weighted by Crippen LogP contribution is 2.09. The van der Waals surface area contributed by atoms with E-state index in [0.29, 0.717) is 12.4 Å². The molecule has 0 atom stereocenters. The van der Waals surface area contributed by atoms with Gasteiger partial charge in [0.05, 0.1) is 6.20 Å². The maximum atomic E-state index is 12.2. The van der Waals surface area contributed by atoms with Gasteiger partial charge in [0.2, 0.25) is 15.9 Å². The summed E-state index contributed by atoms with van der Waals surface area (Å²) >= 11 is 0. The van der Waals surface area contributed by atoms with Crippen molar-refractivity contribution in [2.45, 2.75) is 19.4 Å². The van der Waals surface area contributed by atoms with E-state index in [1.165, 1.54) is 11.6 Å². The van der Waals surface area contributed by atoms with Gasteiger partial charge in [0, 0.05) is 31.0 Å². The van der Waals surface area contributed by atoms with Crippen LogP contribution >= 0.6 is 0 Å². The van der Waals surface area contributed by atoms with Gasteiger partial charge in [-0.3, -0.25) is 4.79 Å². The van der Waals surface area contributed by atoms with Gasteiger partial charge in [-0.05, 0) is 23.6 Å². The number of sulfonamides is 1. The first kappa shape index (κ1) is 21.5. The van der Waals surface area contributed by atoms with Crippen LogP contribution in [0.5, 0.6) is 0 Å². The Morgan fingerprint density at radius 3 is 2.43 bits per heavy atom. The summed E-state index contributed by atoms with van der Waals surface area (Å²) in [7, 11) is -3.61. The number of nitrogens with one attached hydrogen (secondary N) is 2. The van der Waals surface area contributed by atoms with Crippen molar-refractivity contribution in [3.8, 4) is 0 Å². The molecular formula is C22H24N4O3S. The van der Waals surface area contributed by atoms with Crippen LogP contribution in [-0.4, -0.2) is 30.7 Å². The third kappa shape index (κ3) is 6.98. The summed E-state index contributed by atoms with van der Waals surface area (Å²) in [6.07, 6.45) is 3.94. The fraction of sp³-hybridized carbons (Fsp3) is 0.182. The molecule has 0 bridgehead atoms. The smallest absolute Gasteiger partial charge is 0.233 e. The van der Waals surface area contributed by atoms with Crippen LogP contribution in [0.15, 0.2) is 78.3 Å². The maximum absolute atomic E-state index is 12.2. The molecule has 3 rings (SSSR count). The van der Waals surface area contributed by atoms with Crippen LogP contribution in [-0.2, 0) is 27.8 Å². The Labute approximate surface area is 176 Å². The summed E-state index contributed by atoms with van der Waals surface area (Å²) in [5, 5.41) is 8.11. The van der Waals surface area contributed by atoms with Crippen LogP contribution in [0, 0.1) is 0 Å². The standard InChI is InChI=1S/C22H24N4O3S/c27-22(12-16-24-30(28,29)18-14-20-9-5-2-6-10-20)25-21-11-15-23-26(21)17-13-19-7-3-1-4-8-19/h1-11,14-15,18,24H,12-13,16-17H2,(H,25,27). The monoisotopic (exact) mass is 424 g/mol. The highest BCUT2D eigenvalue weighted by atomic mass is 32.2. The largest absolute Gasteiger partial charge is 0.311 e. The van der Waals surface area contributed by atoms with Gasteiger partial charge < -0.3 is 5.32 Å². The predicted molar refractivity (Wildman–Crippen MR) is 118 cm³/mol. The van der Waals surface area contributed by atoms with Crippen molar-refractivity contribution in [2.75, 3.05) is 11.9 Å². The molecule has 0 saturated carbocycles. The SMILES string of the molecule is O=C(CCNS(=O)(=O)C=Cc1ccccc1)Nc1ccnn1CCc1ccccc1. The number of hydrogen-bond donors (Lipinski definition) is 2. The van der Waals surface area contributed by atoms with Crippen LogP contribution in [0.3, 0.4) is 0 Å². The van der Waals surface area contributed by atoms with E-state index in [9.17, 15) is 13.2 Å². The minimum Gasteiger partial charge on any atom is -0.311 e. The van der Waals surface area contributed by atoms with Gasteiger partial charge in [0.15, 0.2) is 0 Å². The molecule has 0 fully saturated rings. The summed E-state index contributed by atoms with van der Waals surface area (Å²) < 4.78 is 28.2. The molecule has 0 aliphatic heterocycles. The van der Waals surface area contributed by atoms with Crippen molar-refractivity contribution in [3.05, 3.63) is 89.5 Å². The second-order valence-electron chi connectivity index (χ2n) is 6.63. The van der Waals surface area contributed by atoms with Crippen molar-refractivity contribution in [1.82, 2.24) is 14.5 Å². The minimum absolute atomic E-state index is 0.00541.